The average molecular weight is 311 g/mol. The second-order valence-corrected chi connectivity index (χ2v) is 5.79. The van der Waals surface area contributed by atoms with Gasteiger partial charge in [-0.25, -0.2) is 4.52 Å². The normalized spacial score (nSPS) is 11.3. The molecule has 0 radical (unpaired) electrons. The van der Waals surface area contributed by atoms with Crippen LogP contribution in [-0.4, -0.2) is 19.3 Å². The molecule has 0 aliphatic rings. The summed E-state index contributed by atoms with van der Waals surface area (Å²) < 4.78 is 3.27. The molecule has 0 amide bonds. The van der Waals surface area contributed by atoms with Crippen molar-refractivity contribution < 1.29 is 5.11 Å². The molecule has 0 atom stereocenters. The lowest BCUT2D eigenvalue weighted by molar-refractivity contribution is 0.283. The molecule has 0 fully saturated rings. The summed E-state index contributed by atoms with van der Waals surface area (Å²) >= 11 is 0. The van der Waals surface area contributed by atoms with E-state index in [-0.39, 0.29) is 12.2 Å². The van der Waals surface area contributed by atoms with E-state index in [0.29, 0.717) is 23.3 Å². The number of aromatic nitrogens is 3. The molecule has 0 bridgehead atoms. The van der Waals surface area contributed by atoms with Gasteiger partial charge in [0.2, 0.25) is 0 Å². The van der Waals surface area contributed by atoms with E-state index in [9.17, 15) is 9.90 Å². The standard InChI is InChI=1S/C18H21N3O2/c1-3-4-9-20-10-11-21-17(18(20)23)15(12-22)16(19-21)14-7-5-13(2)6-8-14/h5-8,10-11,22H,3-4,9,12H2,1-2H3. The van der Waals surface area contributed by atoms with Gasteiger partial charge in [-0.05, 0) is 13.3 Å². The number of fused-ring (bicyclic) bond motifs is 1. The van der Waals surface area contributed by atoms with Gasteiger partial charge < -0.3 is 9.67 Å². The number of unbranched alkanes of at least 4 members (excludes halogenated alkanes) is 1. The Kier molecular flexibility index (Phi) is 4.30. The summed E-state index contributed by atoms with van der Waals surface area (Å²) in [7, 11) is 0. The Morgan fingerprint density at radius 1 is 1.17 bits per heavy atom. The molecule has 0 saturated carbocycles. The Labute approximate surface area is 134 Å². The zero-order valence-electron chi connectivity index (χ0n) is 13.5. The van der Waals surface area contributed by atoms with E-state index in [4.69, 9.17) is 0 Å². The molecule has 3 rings (SSSR count). The number of aryl methyl sites for hydroxylation is 2. The molecular weight excluding hydrogens is 290 g/mol. The number of nitrogens with zero attached hydrogens (tertiary/aromatic N) is 3. The van der Waals surface area contributed by atoms with E-state index in [2.05, 4.69) is 12.0 Å². The molecule has 3 aromatic rings. The minimum absolute atomic E-state index is 0.101. The van der Waals surface area contributed by atoms with Crippen molar-refractivity contribution in [3.8, 4) is 11.3 Å². The number of benzene rings is 1. The fourth-order valence-electron chi connectivity index (χ4n) is 2.75. The average Bonchev–Trinajstić information content (AvgIpc) is 2.94. The Morgan fingerprint density at radius 3 is 2.57 bits per heavy atom. The summed E-state index contributed by atoms with van der Waals surface area (Å²) in [6.45, 7) is 4.59. The first-order valence-electron chi connectivity index (χ1n) is 7.94. The van der Waals surface area contributed by atoms with Crippen molar-refractivity contribution in [2.24, 2.45) is 0 Å². The van der Waals surface area contributed by atoms with Crippen LogP contribution in [0.15, 0.2) is 41.5 Å². The molecule has 5 nitrogen and oxygen atoms in total. The summed E-state index contributed by atoms with van der Waals surface area (Å²) in [5, 5.41) is 14.3. The van der Waals surface area contributed by atoms with Gasteiger partial charge in [-0.1, -0.05) is 43.2 Å². The van der Waals surface area contributed by atoms with Crippen LogP contribution < -0.4 is 5.56 Å². The van der Waals surface area contributed by atoms with Crippen LogP contribution in [0.3, 0.4) is 0 Å². The highest BCUT2D eigenvalue weighted by molar-refractivity contribution is 5.72. The van der Waals surface area contributed by atoms with E-state index >= 15 is 0 Å². The second kappa shape index (κ2) is 6.38. The third-order valence-corrected chi connectivity index (χ3v) is 4.10. The molecule has 23 heavy (non-hydrogen) atoms. The third-order valence-electron chi connectivity index (χ3n) is 4.10. The topological polar surface area (TPSA) is 59.5 Å². The van der Waals surface area contributed by atoms with Crippen molar-refractivity contribution in [2.45, 2.75) is 39.8 Å². The molecule has 0 aliphatic heterocycles. The molecule has 120 valence electrons. The molecule has 0 unspecified atom stereocenters. The quantitative estimate of drug-likeness (QED) is 0.788. The molecule has 0 saturated heterocycles. The predicted octanol–water partition coefficient (Wildman–Crippen LogP) is 2.76. The van der Waals surface area contributed by atoms with Gasteiger partial charge in [-0.15, -0.1) is 0 Å². The summed E-state index contributed by atoms with van der Waals surface area (Å²) in [5.41, 5.74) is 3.67. The van der Waals surface area contributed by atoms with Crippen molar-refractivity contribution >= 4 is 5.52 Å². The van der Waals surface area contributed by atoms with Gasteiger partial charge in [0, 0.05) is 30.1 Å². The number of aliphatic hydroxyl groups is 1. The molecule has 2 aromatic heterocycles. The monoisotopic (exact) mass is 311 g/mol. The second-order valence-electron chi connectivity index (χ2n) is 5.79. The first kappa shape index (κ1) is 15.5. The van der Waals surface area contributed by atoms with E-state index < -0.39 is 0 Å². The van der Waals surface area contributed by atoms with Crippen LogP contribution in [0.25, 0.3) is 16.8 Å². The maximum Gasteiger partial charge on any atom is 0.276 e. The van der Waals surface area contributed by atoms with Crippen molar-refractivity contribution in [1.29, 1.82) is 0 Å². The van der Waals surface area contributed by atoms with Crippen LogP contribution in [0.5, 0.6) is 0 Å². The van der Waals surface area contributed by atoms with E-state index in [1.807, 2.05) is 31.2 Å². The Morgan fingerprint density at radius 2 is 1.91 bits per heavy atom. The van der Waals surface area contributed by atoms with Gasteiger partial charge in [-0.2, -0.15) is 5.10 Å². The number of hydrogen-bond donors (Lipinski definition) is 1. The predicted molar refractivity (Wildman–Crippen MR) is 90.5 cm³/mol. The number of hydrogen-bond acceptors (Lipinski definition) is 3. The molecule has 5 heteroatoms. The van der Waals surface area contributed by atoms with Gasteiger partial charge in [0.1, 0.15) is 5.52 Å². The maximum atomic E-state index is 12.7. The SMILES string of the molecule is CCCCn1ccn2nc(-c3ccc(C)cc3)c(CO)c2c1=O. The van der Waals surface area contributed by atoms with E-state index in [1.54, 1.807) is 21.5 Å². The van der Waals surface area contributed by atoms with Crippen molar-refractivity contribution in [3.05, 3.63) is 58.1 Å². The lowest BCUT2D eigenvalue weighted by atomic mass is 10.1. The highest BCUT2D eigenvalue weighted by Gasteiger charge is 2.17. The Bertz CT molecular complexity index is 876. The van der Waals surface area contributed by atoms with Gasteiger partial charge in [0.05, 0.1) is 12.3 Å². The lowest BCUT2D eigenvalue weighted by Crippen LogP contribution is -2.22. The zero-order valence-corrected chi connectivity index (χ0v) is 13.5. The summed E-state index contributed by atoms with van der Waals surface area (Å²) in [4.78, 5) is 12.7. The van der Waals surface area contributed by atoms with Gasteiger partial charge >= 0.3 is 0 Å². The molecular formula is C18H21N3O2. The van der Waals surface area contributed by atoms with Crippen molar-refractivity contribution in [3.63, 3.8) is 0 Å². The van der Waals surface area contributed by atoms with Crippen LogP contribution in [-0.2, 0) is 13.2 Å². The lowest BCUT2D eigenvalue weighted by Gasteiger charge is -2.05. The van der Waals surface area contributed by atoms with Crippen LogP contribution in [0.1, 0.15) is 30.9 Å². The summed E-state index contributed by atoms with van der Waals surface area (Å²) in [6.07, 6.45) is 5.52. The zero-order chi connectivity index (χ0) is 16.4. The fourth-order valence-corrected chi connectivity index (χ4v) is 2.75. The number of rotatable bonds is 5. The maximum absolute atomic E-state index is 12.7. The highest BCUT2D eigenvalue weighted by atomic mass is 16.3. The van der Waals surface area contributed by atoms with E-state index in [0.717, 1.165) is 24.0 Å². The molecule has 2 heterocycles. The van der Waals surface area contributed by atoms with Crippen LogP contribution in [0, 0.1) is 6.92 Å². The van der Waals surface area contributed by atoms with Gasteiger partial charge in [0.25, 0.3) is 5.56 Å². The molecule has 1 aromatic carbocycles. The number of aliphatic hydroxyl groups excluding tert-OH is 1. The van der Waals surface area contributed by atoms with Crippen molar-refractivity contribution in [1.82, 2.24) is 14.2 Å². The molecule has 1 N–H and O–H groups in total. The Balaban J connectivity index is 2.19. The van der Waals surface area contributed by atoms with Crippen LogP contribution >= 0.6 is 0 Å². The highest BCUT2D eigenvalue weighted by Crippen LogP contribution is 2.25. The smallest absolute Gasteiger partial charge is 0.276 e. The van der Waals surface area contributed by atoms with Crippen molar-refractivity contribution in [2.75, 3.05) is 0 Å². The first-order valence-corrected chi connectivity index (χ1v) is 7.94. The third kappa shape index (κ3) is 2.80. The molecule has 0 aliphatic carbocycles. The van der Waals surface area contributed by atoms with E-state index in [1.165, 1.54) is 0 Å². The van der Waals surface area contributed by atoms with Gasteiger partial charge in [0.15, 0.2) is 0 Å². The Hall–Kier alpha value is -2.40. The van der Waals surface area contributed by atoms with Gasteiger partial charge in [-0.3, -0.25) is 4.79 Å². The van der Waals surface area contributed by atoms with Crippen LogP contribution in [0.4, 0.5) is 0 Å². The van der Waals surface area contributed by atoms with Crippen LogP contribution in [0.2, 0.25) is 0 Å². The fraction of sp³-hybridized carbons (Fsp3) is 0.333. The summed E-state index contributed by atoms with van der Waals surface area (Å²) in [6, 6.07) is 7.93. The first-order chi connectivity index (χ1) is 11.2. The largest absolute Gasteiger partial charge is 0.392 e. The molecule has 0 spiro atoms. The summed E-state index contributed by atoms with van der Waals surface area (Å²) in [5.74, 6) is 0. The minimum Gasteiger partial charge on any atom is -0.392 e. The minimum atomic E-state index is -0.209.